The molecule has 1 unspecified atom stereocenters. The zero-order chi connectivity index (χ0) is 12.4. The standard InChI is InChI=1S/C14H13NOS2/c16-14(13-9-17-6-7-18-13)12-3-1-2-10-8-15-5-4-11(10)12/h1-5,8,13H,6-7,9H2. The molecule has 2 heterocycles. The molecule has 0 spiro atoms. The Bertz CT molecular complexity index is 574. The largest absolute Gasteiger partial charge is 0.293 e. The molecule has 1 saturated heterocycles. The summed E-state index contributed by atoms with van der Waals surface area (Å²) in [7, 11) is 0. The molecule has 0 aliphatic carbocycles. The van der Waals surface area contributed by atoms with Crippen molar-refractivity contribution < 1.29 is 4.79 Å². The van der Waals surface area contributed by atoms with Gasteiger partial charge in [0.2, 0.25) is 0 Å². The molecule has 3 rings (SSSR count). The van der Waals surface area contributed by atoms with E-state index in [0.29, 0.717) is 0 Å². The Hall–Kier alpha value is -1.000. The SMILES string of the molecule is O=C(c1cccc2cnccc12)C1CSCCS1. The van der Waals surface area contributed by atoms with Crippen LogP contribution in [0.2, 0.25) is 0 Å². The van der Waals surface area contributed by atoms with E-state index in [9.17, 15) is 4.79 Å². The van der Waals surface area contributed by atoms with Gasteiger partial charge in [-0.3, -0.25) is 9.78 Å². The molecule has 18 heavy (non-hydrogen) atoms. The molecule has 1 aromatic carbocycles. The van der Waals surface area contributed by atoms with E-state index in [1.165, 1.54) is 0 Å². The molecule has 0 amide bonds. The fourth-order valence-corrected chi connectivity index (χ4v) is 4.77. The number of pyridine rings is 1. The minimum Gasteiger partial charge on any atom is -0.293 e. The van der Waals surface area contributed by atoms with Crippen molar-refractivity contribution in [1.29, 1.82) is 0 Å². The maximum absolute atomic E-state index is 12.6. The number of ketones is 1. The molecule has 2 aromatic rings. The second-order valence-electron chi connectivity index (χ2n) is 4.20. The fourth-order valence-electron chi connectivity index (χ4n) is 2.15. The van der Waals surface area contributed by atoms with Gasteiger partial charge in [0.1, 0.15) is 0 Å². The Morgan fingerprint density at radius 3 is 3.06 bits per heavy atom. The predicted molar refractivity (Wildman–Crippen MR) is 79.6 cm³/mol. The molecule has 1 fully saturated rings. The van der Waals surface area contributed by atoms with E-state index in [1.54, 1.807) is 18.0 Å². The quantitative estimate of drug-likeness (QED) is 0.787. The van der Waals surface area contributed by atoms with Crippen molar-refractivity contribution in [2.24, 2.45) is 0 Å². The molecule has 4 heteroatoms. The normalized spacial score (nSPS) is 19.9. The van der Waals surface area contributed by atoms with Crippen LogP contribution in [0.4, 0.5) is 0 Å². The van der Waals surface area contributed by atoms with E-state index in [1.807, 2.05) is 42.2 Å². The van der Waals surface area contributed by atoms with Crippen LogP contribution < -0.4 is 0 Å². The first-order valence-electron chi connectivity index (χ1n) is 5.92. The van der Waals surface area contributed by atoms with Crippen LogP contribution in [0, 0.1) is 0 Å². The average Bonchev–Trinajstić information content (AvgIpc) is 2.47. The highest BCUT2D eigenvalue weighted by Crippen LogP contribution is 2.29. The lowest BCUT2D eigenvalue weighted by atomic mass is 10.0. The third-order valence-electron chi connectivity index (χ3n) is 3.05. The maximum Gasteiger partial charge on any atom is 0.177 e. The van der Waals surface area contributed by atoms with Gasteiger partial charge in [-0.15, -0.1) is 11.8 Å². The van der Waals surface area contributed by atoms with Crippen molar-refractivity contribution in [2.45, 2.75) is 5.25 Å². The monoisotopic (exact) mass is 275 g/mol. The molecule has 0 radical (unpaired) electrons. The number of thioether (sulfide) groups is 2. The number of rotatable bonds is 2. The van der Waals surface area contributed by atoms with Gasteiger partial charge in [0, 0.05) is 40.6 Å². The first-order chi connectivity index (χ1) is 8.86. The summed E-state index contributed by atoms with van der Waals surface area (Å²) in [5.41, 5.74) is 0.843. The van der Waals surface area contributed by atoms with Gasteiger partial charge in [0.05, 0.1) is 5.25 Å². The predicted octanol–water partition coefficient (Wildman–Crippen LogP) is 3.27. The first-order valence-corrected chi connectivity index (χ1v) is 8.13. The number of fused-ring (bicyclic) bond motifs is 1. The second-order valence-corrected chi connectivity index (χ2v) is 6.66. The van der Waals surface area contributed by atoms with Crippen LogP contribution >= 0.6 is 23.5 Å². The van der Waals surface area contributed by atoms with Crippen molar-refractivity contribution in [3.05, 3.63) is 42.2 Å². The van der Waals surface area contributed by atoms with E-state index in [4.69, 9.17) is 0 Å². The summed E-state index contributed by atoms with van der Waals surface area (Å²) in [6.45, 7) is 0. The molecule has 0 saturated carbocycles. The van der Waals surface area contributed by atoms with Gasteiger partial charge < -0.3 is 0 Å². The van der Waals surface area contributed by atoms with E-state index in [-0.39, 0.29) is 11.0 Å². The summed E-state index contributed by atoms with van der Waals surface area (Å²) in [4.78, 5) is 16.7. The highest BCUT2D eigenvalue weighted by atomic mass is 32.2. The van der Waals surface area contributed by atoms with E-state index < -0.39 is 0 Å². The maximum atomic E-state index is 12.6. The van der Waals surface area contributed by atoms with Crippen LogP contribution in [0.5, 0.6) is 0 Å². The molecule has 1 atom stereocenters. The summed E-state index contributed by atoms with van der Waals surface area (Å²) >= 11 is 3.67. The molecule has 1 aliphatic rings. The summed E-state index contributed by atoms with van der Waals surface area (Å²) in [5.74, 6) is 3.44. The Morgan fingerprint density at radius 2 is 2.22 bits per heavy atom. The van der Waals surface area contributed by atoms with Gasteiger partial charge in [0.25, 0.3) is 0 Å². The van der Waals surface area contributed by atoms with Crippen molar-refractivity contribution >= 4 is 40.1 Å². The summed E-state index contributed by atoms with van der Waals surface area (Å²) in [6, 6.07) is 7.81. The minimum absolute atomic E-state index is 0.113. The number of carbonyl (C=O) groups is 1. The lowest BCUT2D eigenvalue weighted by Gasteiger charge is -2.20. The third kappa shape index (κ3) is 2.27. The van der Waals surface area contributed by atoms with Gasteiger partial charge >= 0.3 is 0 Å². The van der Waals surface area contributed by atoms with Crippen molar-refractivity contribution in [1.82, 2.24) is 4.98 Å². The van der Waals surface area contributed by atoms with E-state index in [2.05, 4.69) is 4.98 Å². The number of nitrogens with zero attached hydrogens (tertiary/aromatic N) is 1. The van der Waals surface area contributed by atoms with E-state index in [0.717, 1.165) is 33.6 Å². The van der Waals surface area contributed by atoms with Crippen LogP contribution in [0.15, 0.2) is 36.7 Å². The summed E-state index contributed by atoms with van der Waals surface area (Å²) in [6.07, 6.45) is 3.57. The third-order valence-corrected chi connectivity index (χ3v) is 5.81. The molecular weight excluding hydrogens is 262 g/mol. The van der Waals surface area contributed by atoms with Crippen molar-refractivity contribution in [2.75, 3.05) is 17.3 Å². The minimum atomic E-state index is 0.113. The zero-order valence-corrected chi connectivity index (χ0v) is 11.5. The number of aromatic nitrogens is 1. The van der Waals surface area contributed by atoms with Crippen LogP contribution in [0.25, 0.3) is 10.8 Å². The molecule has 1 aliphatic heterocycles. The van der Waals surface area contributed by atoms with Gasteiger partial charge in [-0.2, -0.15) is 11.8 Å². The number of carbonyl (C=O) groups excluding carboxylic acids is 1. The van der Waals surface area contributed by atoms with Crippen LogP contribution in [-0.2, 0) is 0 Å². The average molecular weight is 275 g/mol. The molecule has 0 N–H and O–H groups in total. The molecule has 1 aromatic heterocycles. The summed E-state index contributed by atoms with van der Waals surface area (Å²) in [5, 5.41) is 2.17. The Morgan fingerprint density at radius 1 is 1.28 bits per heavy atom. The van der Waals surface area contributed by atoms with Gasteiger partial charge in [-0.1, -0.05) is 18.2 Å². The Kier molecular flexibility index (Phi) is 3.57. The van der Waals surface area contributed by atoms with Crippen LogP contribution in [0.3, 0.4) is 0 Å². The van der Waals surface area contributed by atoms with Crippen molar-refractivity contribution in [3.8, 4) is 0 Å². The second kappa shape index (κ2) is 5.33. The van der Waals surface area contributed by atoms with Crippen LogP contribution in [-0.4, -0.2) is 33.3 Å². The van der Waals surface area contributed by atoms with Gasteiger partial charge in [-0.25, -0.2) is 0 Å². The molecular formula is C14H13NOS2. The highest BCUT2D eigenvalue weighted by Gasteiger charge is 2.24. The fraction of sp³-hybridized carbons (Fsp3) is 0.286. The Labute approximate surface area is 115 Å². The summed E-state index contributed by atoms with van der Waals surface area (Å²) < 4.78 is 0. The first kappa shape index (κ1) is 12.1. The molecule has 92 valence electrons. The topological polar surface area (TPSA) is 30.0 Å². The number of hydrogen-bond acceptors (Lipinski definition) is 4. The number of hydrogen-bond donors (Lipinski definition) is 0. The van der Waals surface area contributed by atoms with Crippen molar-refractivity contribution in [3.63, 3.8) is 0 Å². The smallest absolute Gasteiger partial charge is 0.177 e. The van der Waals surface area contributed by atoms with Crippen LogP contribution in [0.1, 0.15) is 10.4 Å². The molecule has 2 nitrogen and oxygen atoms in total. The van der Waals surface area contributed by atoms with Gasteiger partial charge in [0.15, 0.2) is 5.78 Å². The lowest BCUT2D eigenvalue weighted by Crippen LogP contribution is -2.24. The van der Waals surface area contributed by atoms with Gasteiger partial charge in [-0.05, 0) is 11.5 Å². The Balaban J connectivity index is 2.00. The lowest BCUT2D eigenvalue weighted by molar-refractivity contribution is 0.0996. The number of Topliss-reactive ketones (excluding diaryl/α,β-unsaturated/α-hetero) is 1. The van der Waals surface area contributed by atoms with E-state index >= 15 is 0 Å². The number of benzene rings is 1. The molecule has 0 bridgehead atoms. The zero-order valence-electron chi connectivity index (χ0n) is 9.83. The highest BCUT2D eigenvalue weighted by molar-refractivity contribution is 8.07.